The number of benzene rings is 1. The second-order valence-corrected chi connectivity index (χ2v) is 12.2. The van der Waals surface area contributed by atoms with Crippen LogP contribution in [0.1, 0.15) is 68.5 Å². The molecule has 0 bridgehead atoms. The average Bonchev–Trinajstić information content (AvgIpc) is 3.87. The Bertz CT molecular complexity index is 1370. The number of hydrogen-bond donors (Lipinski definition) is 3. The molecule has 9 nitrogen and oxygen atoms in total. The van der Waals surface area contributed by atoms with Gasteiger partial charge in [0.05, 0.1) is 17.7 Å². The summed E-state index contributed by atoms with van der Waals surface area (Å²) in [6.45, 7) is 5.01. The first kappa shape index (κ1) is 29.1. The number of aromatic nitrogens is 2. The lowest BCUT2D eigenvalue weighted by Gasteiger charge is -2.46. The molecule has 2 atom stereocenters. The summed E-state index contributed by atoms with van der Waals surface area (Å²) >= 11 is 0. The van der Waals surface area contributed by atoms with Crippen molar-refractivity contribution in [1.82, 2.24) is 20.0 Å². The number of hydrogen-bond acceptors (Lipinski definition) is 6. The molecule has 5 rings (SSSR count). The summed E-state index contributed by atoms with van der Waals surface area (Å²) in [7, 11) is 0. The maximum Gasteiger partial charge on any atom is 0.270 e. The number of nitrogens with zero attached hydrogens (tertiary/aromatic N) is 3. The predicted octanol–water partition coefficient (Wildman–Crippen LogP) is 3.31. The summed E-state index contributed by atoms with van der Waals surface area (Å²) in [6, 6.07) is 4.77. The van der Waals surface area contributed by atoms with Gasteiger partial charge in [0.1, 0.15) is 23.8 Å². The molecule has 2 aromatic rings. The van der Waals surface area contributed by atoms with Gasteiger partial charge < -0.3 is 20.5 Å². The highest BCUT2D eigenvalue weighted by molar-refractivity contribution is 6.02. The Morgan fingerprint density at radius 1 is 1.24 bits per heavy atom. The van der Waals surface area contributed by atoms with E-state index in [0.29, 0.717) is 17.5 Å². The van der Waals surface area contributed by atoms with Gasteiger partial charge in [0.2, 0.25) is 0 Å². The molecule has 0 unspecified atom stereocenters. The maximum absolute atomic E-state index is 15.4. The average molecular weight is 570 g/mol. The van der Waals surface area contributed by atoms with E-state index in [1.807, 2.05) is 13.8 Å². The molecule has 1 aromatic carbocycles. The Kier molecular flexibility index (Phi) is 7.86. The van der Waals surface area contributed by atoms with Crippen molar-refractivity contribution in [2.24, 2.45) is 5.92 Å². The predicted molar refractivity (Wildman–Crippen MR) is 149 cm³/mol. The fourth-order valence-corrected chi connectivity index (χ4v) is 5.67. The van der Waals surface area contributed by atoms with Crippen LogP contribution in [0.4, 0.5) is 14.5 Å². The van der Waals surface area contributed by atoms with E-state index in [0.717, 1.165) is 36.8 Å². The molecule has 11 heteroatoms. The molecule has 1 saturated heterocycles. The topological polar surface area (TPSA) is 117 Å². The Morgan fingerprint density at radius 3 is 2.51 bits per heavy atom. The molecule has 2 saturated carbocycles. The minimum atomic E-state index is -1.68. The zero-order chi connectivity index (χ0) is 29.5. The lowest BCUT2D eigenvalue weighted by Crippen LogP contribution is -2.63. The summed E-state index contributed by atoms with van der Waals surface area (Å²) in [5.74, 6) is -1.48. The maximum atomic E-state index is 15.4. The summed E-state index contributed by atoms with van der Waals surface area (Å²) in [4.78, 5) is 40.7. The van der Waals surface area contributed by atoms with E-state index in [4.69, 9.17) is 5.11 Å². The number of carbonyl (C=O) groups excluding carboxylic acids is 3. The number of carbonyl (C=O) groups is 3. The van der Waals surface area contributed by atoms with E-state index in [2.05, 4.69) is 15.7 Å². The third kappa shape index (κ3) is 6.11. The van der Waals surface area contributed by atoms with Crippen LogP contribution in [0.15, 0.2) is 41.6 Å². The van der Waals surface area contributed by atoms with Crippen molar-refractivity contribution in [2.75, 3.05) is 31.6 Å². The Balaban J connectivity index is 1.34. The van der Waals surface area contributed by atoms with E-state index in [1.54, 1.807) is 28.6 Å². The van der Waals surface area contributed by atoms with Gasteiger partial charge in [0.25, 0.3) is 11.8 Å². The first-order valence-corrected chi connectivity index (χ1v) is 14.1. The fraction of sp³-hybridized carbons (Fsp3) is 0.533. The standard InChI is InChI=1S/C30H37F2N5O4/c1-18(2)37-24(10-11-33-37)27(40)35-26(25(19-4-5-19)20-6-7-20)28(41)34-23-9-8-21(12-22(23)31)29(3,16-38)13-36-14-30(32,15-36)17-39/h8-12,16,18-19,26,39H,4-7,13-15,17H2,1-3H3,(H,34,41)(H,35,40)/t26-,29-/m0/s1. The molecular formula is C30H37F2N5O4. The van der Waals surface area contributed by atoms with Crippen molar-refractivity contribution >= 4 is 23.8 Å². The molecule has 2 aliphatic carbocycles. The first-order valence-electron chi connectivity index (χ1n) is 14.1. The van der Waals surface area contributed by atoms with Crippen LogP contribution in [0.5, 0.6) is 0 Å². The summed E-state index contributed by atoms with van der Waals surface area (Å²) in [5.41, 5.74) is -0.0748. The van der Waals surface area contributed by atoms with Gasteiger partial charge in [-0.15, -0.1) is 0 Å². The Morgan fingerprint density at radius 2 is 1.95 bits per heavy atom. The minimum absolute atomic E-state index is 0.00650. The van der Waals surface area contributed by atoms with E-state index < -0.39 is 41.4 Å². The lowest BCUT2D eigenvalue weighted by molar-refractivity contribution is -0.117. The van der Waals surface area contributed by atoms with Crippen LogP contribution in [0, 0.1) is 11.7 Å². The van der Waals surface area contributed by atoms with E-state index in [9.17, 15) is 18.8 Å². The number of nitrogens with one attached hydrogen (secondary N) is 2. The molecule has 2 amide bonds. The second-order valence-electron chi connectivity index (χ2n) is 12.2. The van der Waals surface area contributed by atoms with Crippen LogP contribution < -0.4 is 10.6 Å². The van der Waals surface area contributed by atoms with Gasteiger partial charge in [-0.05, 0) is 81.7 Å². The van der Waals surface area contributed by atoms with Crippen molar-refractivity contribution in [3.63, 3.8) is 0 Å². The summed E-state index contributed by atoms with van der Waals surface area (Å²) < 4.78 is 31.1. The number of rotatable bonds is 12. The number of aldehydes is 1. The number of halogens is 2. The zero-order valence-electron chi connectivity index (χ0n) is 23.6. The van der Waals surface area contributed by atoms with E-state index in [-0.39, 0.29) is 37.3 Å². The van der Waals surface area contributed by atoms with Crippen LogP contribution in [-0.2, 0) is 15.0 Å². The SMILES string of the molecule is CC(C)n1nccc1C(=O)N[C@H](C(=O)Nc1ccc([C@](C)(C=O)CN2CC(F)(CO)C2)cc1F)C(=C1CC1)C1CC1. The fourth-order valence-electron chi connectivity index (χ4n) is 5.67. The summed E-state index contributed by atoms with van der Waals surface area (Å²) in [5, 5.41) is 18.9. The minimum Gasteiger partial charge on any atom is -0.393 e. The number of aliphatic hydroxyl groups is 1. The summed E-state index contributed by atoms with van der Waals surface area (Å²) in [6.07, 6.45) is 5.87. The zero-order valence-corrected chi connectivity index (χ0v) is 23.6. The highest BCUT2D eigenvalue weighted by atomic mass is 19.1. The molecule has 2 heterocycles. The second kappa shape index (κ2) is 11.1. The van der Waals surface area contributed by atoms with Crippen molar-refractivity contribution in [3.8, 4) is 0 Å². The molecule has 1 aliphatic heterocycles. The first-order chi connectivity index (χ1) is 19.5. The van der Waals surface area contributed by atoms with Gasteiger partial charge in [-0.2, -0.15) is 5.10 Å². The number of amides is 2. The highest BCUT2D eigenvalue weighted by Crippen LogP contribution is 2.46. The number of likely N-dealkylation sites (tertiary alicyclic amines) is 1. The van der Waals surface area contributed by atoms with Gasteiger partial charge in [-0.25, -0.2) is 8.78 Å². The Labute approximate surface area is 238 Å². The van der Waals surface area contributed by atoms with Crippen LogP contribution in [-0.4, -0.2) is 75.8 Å². The van der Waals surface area contributed by atoms with Crippen LogP contribution in [0.3, 0.4) is 0 Å². The quantitative estimate of drug-likeness (QED) is 0.267. The van der Waals surface area contributed by atoms with Gasteiger partial charge in [0.15, 0.2) is 5.67 Å². The van der Waals surface area contributed by atoms with Gasteiger partial charge >= 0.3 is 0 Å². The molecule has 0 radical (unpaired) electrons. The third-order valence-corrected chi connectivity index (χ3v) is 8.16. The molecule has 0 spiro atoms. The number of aliphatic hydroxyl groups excluding tert-OH is 1. The van der Waals surface area contributed by atoms with Gasteiger partial charge in [-0.1, -0.05) is 11.6 Å². The van der Waals surface area contributed by atoms with Gasteiger partial charge in [-0.3, -0.25) is 19.2 Å². The molecule has 3 aliphatic rings. The highest BCUT2D eigenvalue weighted by Gasteiger charge is 2.46. The largest absolute Gasteiger partial charge is 0.393 e. The van der Waals surface area contributed by atoms with Crippen LogP contribution in [0.2, 0.25) is 0 Å². The normalized spacial score (nSPS) is 20.1. The molecule has 220 valence electrons. The van der Waals surface area contributed by atoms with Crippen LogP contribution in [0.25, 0.3) is 0 Å². The molecule has 3 N–H and O–H groups in total. The molecule has 41 heavy (non-hydrogen) atoms. The number of anilines is 1. The van der Waals surface area contributed by atoms with Crippen molar-refractivity contribution < 1.29 is 28.3 Å². The monoisotopic (exact) mass is 569 g/mol. The molecule has 3 fully saturated rings. The third-order valence-electron chi connectivity index (χ3n) is 8.16. The Hall–Kier alpha value is -3.44. The van der Waals surface area contributed by atoms with E-state index >= 15 is 4.39 Å². The van der Waals surface area contributed by atoms with Gasteiger partial charge in [0, 0.05) is 31.9 Å². The van der Waals surface area contributed by atoms with Crippen molar-refractivity contribution in [2.45, 2.75) is 69.6 Å². The lowest BCUT2D eigenvalue weighted by atomic mass is 9.81. The van der Waals surface area contributed by atoms with Crippen molar-refractivity contribution in [1.29, 1.82) is 0 Å². The number of allylic oxidation sites excluding steroid dienone is 1. The number of alkyl halides is 1. The molecular weight excluding hydrogens is 532 g/mol. The smallest absolute Gasteiger partial charge is 0.270 e. The molecule has 1 aromatic heterocycles. The van der Waals surface area contributed by atoms with Crippen LogP contribution >= 0.6 is 0 Å². The van der Waals surface area contributed by atoms with E-state index in [1.165, 1.54) is 18.3 Å². The van der Waals surface area contributed by atoms with Crippen molar-refractivity contribution in [3.05, 3.63) is 58.7 Å².